The lowest BCUT2D eigenvalue weighted by Crippen LogP contribution is -2.33. The van der Waals surface area contributed by atoms with Gasteiger partial charge in [0.2, 0.25) is 0 Å². The number of benzene rings is 3. The van der Waals surface area contributed by atoms with Gasteiger partial charge in [-0.1, -0.05) is 60.5 Å². The summed E-state index contributed by atoms with van der Waals surface area (Å²) in [6, 6.07) is 22.1. The standard InChI is InChI=1S/C30H28N4O3/c1-33(2)30(36)23-11-6-10-22(19-23)24-12-7-13-25-26(17-16-20-14-15-20)34(31-28(24)25)27(29(35)32-37)18-21-8-4-3-5-9-21/h3-13,19-20,27,37H,14-15,18H2,1-2H3,(H,32,35). The van der Waals surface area contributed by atoms with E-state index in [1.54, 1.807) is 29.7 Å². The Balaban J connectivity index is 1.68. The number of hydrogen-bond acceptors (Lipinski definition) is 4. The van der Waals surface area contributed by atoms with Gasteiger partial charge in [0, 0.05) is 42.9 Å². The topological polar surface area (TPSA) is 87.5 Å². The van der Waals surface area contributed by atoms with E-state index in [-0.39, 0.29) is 5.91 Å². The number of carbonyl (C=O) groups is 2. The van der Waals surface area contributed by atoms with Gasteiger partial charge in [-0.3, -0.25) is 14.8 Å². The van der Waals surface area contributed by atoms with Crippen molar-refractivity contribution in [3.63, 3.8) is 0 Å². The minimum Gasteiger partial charge on any atom is -0.345 e. The van der Waals surface area contributed by atoms with Crippen LogP contribution < -0.4 is 5.48 Å². The predicted molar refractivity (Wildman–Crippen MR) is 142 cm³/mol. The molecule has 1 unspecified atom stereocenters. The van der Waals surface area contributed by atoms with E-state index >= 15 is 0 Å². The maximum Gasteiger partial charge on any atom is 0.268 e. The third kappa shape index (κ3) is 5.11. The Kier molecular flexibility index (Phi) is 6.76. The molecule has 1 heterocycles. The van der Waals surface area contributed by atoms with E-state index in [2.05, 4.69) is 11.8 Å². The van der Waals surface area contributed by atoms with Crippen LogP contribution in [0.3, 0.4) is 0 Å². The molecule has 3 aromatic carbocycles. The summed E-state index contributed by atoms with van der Waals surface area (Å²) in [5, 5.41) is 15.3. The molecule has 1 aliphatic carbocycles. The number of fused-ring (bicyclic) bond motifs is 1. The first-order valence-electron chi connectivity index (χ1n) is 12.3. The molecule has 0 spiro atoms. The Labute approximate surface area is 215 Å². The highest BCUT2D eigenvalue weighted by atomic mass is 16.5. The van der Waals surface area contributed by atoms with E-state index in [4.69, 9.17) is 5.10 Å². The maximum absolute atomic E-state index is 12.9. The van der Waals surface area contributed by atoms with Crippen LogP contribution in [0.1, 0.15) is 40.5 Å². The van der Waals surface area contributed by atoms with Crippen LogP contribution in [0.15, 0.2) is 72.8 Å². The minimum absolute atomic E-state index is 0.0851. The second-order valence-corrected chi connectivity index (χ2v) is 9.50. The van der Waals surface area contributed by atoms with Crippen molar-refractivity contribution < 1.29 is 14.8 Å². The Morgan fingerprint density at radius 2 is 1.84 bits per heavy atom. The van der Waals surface area contributed by atoms with E-state index in [0.717, 1.165) is 34.9 Å². The Morgan fingerprint density at radius 3 is 2.54 bits per heavy atom. The van der Waals surface area contributed by atoms with Gasteiger partial charge in [-0.05, 0) is 48.1 Å². The number of aromatic nitrogens is 2. The summed E-state index contributed by atoms with van der Waals surface area (Å²) >= 11 is 0. The van der Waals surface area contributed by atoms with Crippen LogP contribution in [0.25, 0.3) is 22.0 Å². The summed E-state index contributed by atoms with van der Waals surface area (Å²) in [5.41, 5.74) is 6.33. The van der Waals surface area contributed by atoms with E-state index in [1.165, 1.54) is 0 Å². The van der Waals surface area contributed by atoms with Crippen LogP contribution in [0.4, 0.5) is 0 Å². The van der Waals surface area contributed by atoms with Crippen molar-refractivity contribution in [2.24, 2.45) is 5.92 Å². The van der Waals surface area contributed by atoms with Crippen LogP contribution in [0, 0.1) is 17.8 Å². The molecule has 7 heteroatoms. The molecule has 0 radical (unpaired) electrons. The molecule has 0 aliphatic heterocycles. The van der Waals surface area contributed by atoms with Gasteiger partial charge in [0.15, 0.2) is 0 Å². The zero-order chi connectivity index (χ0) is 25.9. The lowest BCUT2D eigenvalue weighted by molar-refractivity contribution is -0.133. The lowest BCUT2D eigenvalue weighted by Gasteiger charge is -2.17. The molecular formula is C30H28N4O3. The second-order valence-electron chi connectivity index (χ2n) is 9.50. The van der Waals surface area contributed by atoms with Gasteiger partial charge in [-0.15, -0.1) is 0 Å². The fourth-order valence-electron chi connectivity index (χ4n) is 4.38. The van der Waals surface area contributed by atoms with E-state index in [1.807, 2.05) is 72.2 Å². The van der Waals surface area contributed by atoms with Crippen LogP contribution in [0.2, 0.25) is 0 Å². The molecule has 1 saturated carbocycles. The SMILES string of the molecule is CN(C)C(=O)c1cccc(-c2cccc3c(C#CC4CC4)n(C(Cc4ccccc4)C(=O)NO)nc23)c1. The van der Waals surface area contributed by atoms with Crippen LogP contribution in [-0.4, -0.2) is 45.8 Å². The average molecular weight is 493 g/mol. The molecule has 0 saturated heterocycles. The summed E-state index contributed by atoms with van der Waals surface area (Å²) in [5.74, 6) is 6.31. The highest BCUT2D eigenvalue weighted by molar-refractivity contribution is 5.99. The van der Waals surface area contributed by atoms with E-state index in [9.17, 15) is 14.8 Å². The molecule has 1 aromatic heterocycles. The van der Waals surface area contributed by atoms with Crippen molar-refractivity contribution in [3.05, 3.63) is 89.6 Å². The number of amides is 2. The van der Waals surface area contributed by atoms with Gasteiger partial charge >= 0.3 is 0 Å². The lowest BCUT2D eigenvalue weighted by atomic mass is 10.00. The average Bonchev–Trinajstić information content (AvgIpc) is 3.69. The van der Waals surface area contributed by atoms with E-state index < -0.39 is 11.9 Å². The summed E-state index contributed by atoms with van der Waals surface area (Å²) in [6.07, 6.45) is 2.48. The first kappa shape index (κ1) is 24.3. The third-order valence-corrected chi connectivity index (χ3v) is 6.51. The summed E-state index contributed by atoms with van der Waals surface area (Å²) in [7, 11) is 3.45. The zero-order valence-electron chi connectivity index (χ0n) is 20.8. The molecule has 37 heavy (non-hydrogen) atoms. The summed E-state index contributed by atoms with van der Waals surface area (Å²) in [6.45, 7) is 0. The number of nitrogens with zero attached hydrogens (tertiary/aromatic N) is 3. The molecular weight excluding hydrogens is 464 g/mol. The summed E-state index contributed by atoms with van der Waals surface area (Å²) in [4.78, 5) is 27.1. The van der Waals surface area contributed by atoms with Gasteiger partial charge in [-0.2, -0.15) is 5.10 Å². The van der Waals surface area contributed by atoms with Gasteiger partial charge < -0.3 is 4.90 Å². The molecule has 1 aliphatic rings. The van der Waals surface area contributed by atoms with Gasteiger partial charge in [0.25, 0.3) is 11.8 Å². The number of hydrogen-bond donors (Lipinski definition) is 2. The quantitative estimate of drug-likeness (QED) is 0.236. The van der Waals surface area contributed by atoms with Crippen molar-refractivity contribution in [2.75, 3.05) is 14.1 Å². The van der Waals surface area contributed by atoms with Crippen LogP contribution in [-0.2, 0) is 11.2 Å². The smallest absolute Gasteiger partial charge is 0.268 e. The van der Waals surface area contributed by atoms with Crippen LogP contribution in [0.5, 0.6) is 0 Å². The molecule has 5 rings (SSSR count). The Bertz CT molecular complexity index is 1520. The molecule has 1 fully saturated rings. The van der Waals surface area contributed by atoms with Gasteiger partial charge in [-0.25, -0.2) is 10.2 Å². The molecule has 186 valence electrons. The molecule has 0 bridgehead atoms. The van der Waals surface area contributed by atoms with Crippen molar-refractivity contribution in [1.29, 1.82) is 0 Å². The first-order valence-corrected chi connectivity index (χ1v) is 12.3. The number of rotatable bonds is 6. The Hall–Kier alpha value is -4.41. The van der Waals surface area contributed by atoms with Crippen LogP contribution >= 0.6 is 0 Å². The number of carbonyl (C=O) groups excluding carboxylic acids is 2. The minimum atomic E-state index is -0.808. The molecule has 2 amide bonds. The van der Waals surface area contributed by atoms with Gasteiger partial charge in [0.1, 0.15) is 17.3 Å². The zero-order valence-corrected chi connectivity index (χ0v) is 20.8. The van der Waals surface area contributed by atoms with Crippen molar-refractivity contribution in [1.82, 2.24) is 20.2 Å². The first-order chi connectivity index (χ1) is 18.0. The Morgan fingerprint density at radius 1 is 1.08 bits per heavy atom. The van der Waals surface area contributed by atoms with Crippen molar-refractivity contribution in [2.45, 2.75) is 25.3 Å². The second kappa shape index (κ2) is 10.3. The number of nitrogens with one attached hydrogen (secondary N) is 1. The fourth-order valence-corrected chi connectivity index (χ4v) is 4.38. The molecule has 7 nitrogen and oxygen atoms in total. The molecule has 1 atom stereocenters. The van der Waals surface area contributed by atoms with E-state index in [0.29, 0.717) is 29.1 Å². The largest absolute Gasteiger partial charge is 0.345 e. The predicted octanol–water partition coefficient (Wildman–Crippen LogP) is 4.46. The van der Waals surface area contributed by atoms with Crippen molar-refractivity contribution in [3.8, 4) is 23.0 Å². The summed E-state index contributed by atoms with van der Waals surface area (Å²) < 4.78 is 1.64. The maximum atomic E-state index is 12.9. The normalized spacial score (nSPS) is 13.5. The monoisotopic (exact) mass is 492 g/mol. The highest BCUT2D eigenvalue weighted by Gasteiger charge is 2.27. The molecule has 4 aromatic rings. The highest BCUT2D eigenvalue weighted by Crippen LogP contribution is 2.33. The van der Waals surface area contributed by atoms with Crippen molar-refractivity contribution >= 4 is 22.7 Å². The number of hydroxylamine groups is 1. The fraction of sp³-hybridized carbons (Fsp3) is 0.233. The molecule has 2 N–H and O–H groups in total. The third-order valence-electron chi connectivity index (χ3n) is 6.51. The van der Waals surface area contributed by atoms with Gasteiger partial charge in [0.05, 0.1) is 0 Å².